The molecule has 1 aromatic rings. The summed E-state index contributed by atoms with van der Waals surface area (Å²) in [6.45, 7) is 5.31. The Hall–Kier alpha value is -1.43. The number of nitrogens with one attached hydrogen (secondary N) is 2. The summed E-state index contributed by atoms with van der Waals surface area (Å²) in [7, 11) is 0. The Morgan fingerprint density at radius 1 is 1.47 bits per heavy atom. The molecule has 1 amide bonds. The van der Waals surface area contributed by atoms with Crippen molar-refractivity contribution in [3.8, 4) is 0 Å². The van der Waals surface area contributed by atoms with Crippen LogP contribution in [0.3, 0.4) is 0 Å². The number of carbonyl (C=O) groups excluding carboxylic acids is 1. The Kier molecular flexibility index (Phi) is 4.76. The van der Waals surface area contributed by atoms with Crippen LogP contribution in [0.2, 0.25) is 0 Å². The molecule has 0 bridgehead atoms. The van der Waals surface area contributed by atoms with E-state index in [1.807, 2.05) is 13.8 Å². The van der Waals surface area contributed by atoms with Crippen molar-refractivity contribution < 1.29 is 9.42 Å². The highest BCUT2D eigenvalue weighted by molar-refractivity contribution is 5.77. The molecule has 15 heavy (non-hydrogen) atoms. The molecule has 0 atom stereocenters. The summed E-state index contributed by atoms with van der Waals surface area (Å²) < 4.78 is 4.53. The lowest BCUT2D eigenvalue weighted by Crippen LogP contribution is -2.34. The third-order valence-electron chi connectivity index (χ3n) is 1.90. The number of hydrogen-bond donors (Lipinski definition) is 2. The molecule has 0 radical (unpaired) electrons. The third kappa shape index (κ3) is 4.07. The molecule has 2 N–H and O–H groups in total. The molecule has 1 aromatic heterocycles. The van der Waals surface area contributed by atoms with E-state index < -0.39 is 0 Å². The molecule has 0 aliphatic carbocycles. The molecule has 0 aliphatic rings. The first-order valence-electron chi connectivity index (χ1n) is 4.99. The zero-order chi connectivity index (χ0) is 11.1. The molecule has 0 aromatic carbocycles. The summed E-state index contributed by atoms with van der Waals surface area (Å²) in [5, 5.41) is 13.1. The molecule has 0 fully saturated rings. The maximum absolute atomic E-state index is 11.2. The average Bonchev–Trinajstić information content (AvgIpc) is 2.61. The number of aryl methyl sites for hydroxylation is 1. The van der Waals surface area contributed by atoms with Crippen LogP contribution in [0.5, 0.6) is 0 Å². The van der Waals surface area contributed by atoms with Crippen LogP contribution in [0.15, 0.2) is 4.63 Å². The molecule has 0 unspecified atom stereocenters. The van der Waals surface area contributed by atoms with Crippen LogP contribution >= 0.6 is 0 Å². The largest absolute Gasteiger partial charge is 0.355 e. The van der Waals surface area contributed by atoms with Crippen molar-refractivity contribution >= 4 is 5.91 Å². The second kappa shape index (κ2) is 6.13. The first kappa shape index (κ1) is 11.6. The number of aromatic nitrogens is 2. The van der Waals surface area contributed by atoms with E-state index in [0.717, 1.165) is 17.8 Å². The van der Waals surface area contributed by atoms with Crippen molar-refractivity contribution in [2.45, 2.75) is 26.8 Å². The minimum Gasteiger partial charge on any atom is -0.355 e. The maximum Gasteiger partial charge on any atom is 0.233 e. The Bertz CT molecular complexity index is 311. The van der Waals surface area contributed by atoms with Crippen molar-refractivity contribution in [2.75, 3.05) is 13.1 Å². The summed E-state index contributed by atoms with van der Waals surface area (Å²) >= 11 is 0. The summed E-state index contributed by atoms with van der Waals surface area (Å²) in [5.74, 6) is -0.00837. The fourth-order valence-corrected chi connectivity index (χ4v) is 1.03. The molecule has 0 saturated heterocycles. The van der Waals surface area contributed by atoms with Crippen molar-refractivity contribution in [1.82, 2.24) is 20.9 Å². The van der Waals surface area contributed by atoms with Crippen LogP contribution in [0.25, 0.3) is 0 Å². The SMILES string of the molecule is CCCNC(=O)CNCc1nonc1C. The van der Waals surface area contributed by atoms with Gasteiger partial charge < -0.3 is 10.6 Å². The van der Waals surface area contributed by atoms with Gasteiger partial charge in [-0.05, 0) is 13.3 Å². The van der Waals surface area contributed by atoms with E-state index in [4.69, 9.17) is 0 Å². The minimum atomic E-state index is -0.00837. The number of hydrogen-bond acceptors (Lipinski definition) is 5. The van der Waals surface area contributed by atoms with Crippen molar-refractivity contribution in [1.29, 1.82) is 0 Å². The van der Waals surface area contributed by atoms with Gasteiger partial charge in [-0.25, -0.2) is 4.63 Å². The highest BCUT2D eigenvalue weighted by Gasteiger charge is 2.05. The quantitative estimate of drug-likeness (QED) is 0.693. The molecule has 84 valence electrons. The van der Waals surface area contributed by atoms with Crippen molar-refractivity contribution in [2.24, 2.45) is 0 Å². The van der Waals surface area contributed by atoms with Gasteiger partial charge in [0.1, 0.15) is 11.4 Å². The van der Waals surface area contributed by atoms with Gasteiger partial charge in [0.25, 0.3) is 0 Å². The van der Waals surface area contributed by atoms with Gasteiger partial charge >= 0.3 is 0 Å². The van der Waals surface area contributed by atoms with Crippen LogP contribution in [-0.2, 0) is 11.3 Å². The molecule has 6 heteroatoms. The second-order valence-electron chi connectivity index (χ2n) is 3.25. The van der Waals surface area contributed by atoms with E-state index in [2.05, 4.69) is 25.6 Å². The molecule has 0 spiro atoms. The van der Waals surface area contributed by atoms with E-state index in [9.17, 15) is 4.79 Å². The lowest BCUT2D eigenvalue weighted by atomic mass is 10.3. The van der Waals surface area contributed by atoms with Gasteiger partial charge in [0.15, 0.2) is 0 Å². The topological polar surface area (TPSA) is 80.0 Å². The van der Waals surface area contributed by atoms with Crippen molar-refractivity contribution in [3.63, 3.8) is 0 Å². The molecular weight excluding hydrogens is 196 g/mol. The lowest BCUT2D eigenvalue weighted by Gasteiger charge is -2.03. The van der Waals surface area contributed by atoms with Gasteiger partial charge in [-0.3, -0.25) is 4.79 Å². The molecule has 6 nitrogen and oxygen atoms in total. The molecule has 1 heterocycles. The molecular formula is C9H16N4O2. The smallest absolute Gasteiger partial charge is 0.233 e. The number of nitrogens with zero attached hydrogens (tertiary/aromatic N) is 2. The van der Waals surface area contributed by atoms with Crippen LogP contribution in [0, 0.1) is 6.92 Å². The Labute approximate surface area is 88.4 Å². The van der Waals surface area contributed by atoms with Gasteiger partial charge in [-0.15, -0.1) is 0 Å². The zero-order valence-electron chi connectivity index (χ0n) is 9.04. The standard InChI is InChI=1S/C9H16N4O2/c1-3-4-11-9(14)6-10-5-8-7(2)12-15-13-8/h10H,3-6H2,1-2H3,(H,11,14). The first-order chi connectivity index (χ1) is 7.24. The number of rotatable bonds is 6. The van der Waals surface area contributed by atoms with Crippen LogP contribution in [0.1, 0.15) is 24.7 Å². The monoisotopic (exact) mass is 212 g/mol. The highest BCUT2D eigenvalue weighted by atomic mass is 16.6. The Morgan fingerprint density at radius 2 is 2.27 bits per heavy atom. The van der Waals surface area contributed by atoms with Crippen LogP contribution in [-0.4, -0.2) is 29.3 Å². The lowest BCUT2D eigenvalue weighted by molar-refractivity contribution is -0.120. The first-order valence-corrected chi connectivity index (χ1v) is 4.99. The Morgan fingerprint density at radius 3 is 2.87 bits per heavy atom. The normalized spacial score (nSPS) is 10.3. The fourth-order valence-electron chi connectivity index (χ4n) is 1.03. The molecule has 0 saturated carbocycles. The third-order valence-corrected chi connectivity index (χ3v) is 1.90. The van der Waals surface area contributed by atoms with Crippen molar-refractivity contribution in [3.05, 3.63) is 11.4 Å². The van der Waals surface area contributed by atoms with E-state index in [1.54, 1.807) is 0 Å². The summed E-state index contributed by atoms with van der Waals surface area (Å²) in [6.07, 6.45) is 0.943. The molecule has 1 rings (SSSR count). The molecule has 0 aliphatic heterocycles. The number of amides is 1. The van der Waals surface area contributed by atoms with E-state index in [1.165, 1.54) is 0 Å². The summed E-state index contributed by atoms with van der Waals surface area (Å²) in [5.41, 5.74) is 1.48. The van der Waals surface area contributed by atoms with Gasteiger partial charge in [0.05, 0.1) is 6.54 Å². The minimum absolute atomic E-state index is 0.00837. The summed E-state index contributed by atoms with van der Waals surface area (Å²) in [6, 6.07) is 0. The fraction of sp³-hybridized carbons (Fsp3) is 0.667. The van der Waals surface area contributed by atoms with Crippen LogP contribution < -0.4 is 10.6 Å². The highest BCUT2D eigenvalue weighted by Crippen LogP contribution is 1.98. The van der Waals surface area contributed by atoms with Gasteiger partial charge in [-0.2, -0.15) is 0 Å². The van der Waals surface area contributed by atoms with E-state index in [-0.39, 0.29) is 12.5 Å². The van der Waals surface area contributed by atoms with E-state index in [0.29, 0.717) is 13.1 Å². The predicted molar refractivity (Wildman–Crippen MR) is 54.0 cm³/mol. The maximum atomic E-state index is 11.2. The van der Waals surface area contributed by atoms with Gasteiger partial charge in [-0.1, -0.05) is 17.2 Å². The second-order valence-corrected chi connectivity index (χ2v) is 3.25. The predicted octanol–water partition coefficient (Wildman–Crippen LogP) is -0.00618. The summed E-state index contributed by atoms with van der Waals surface area (Å²) in [4.78, 5) is 11.2. The zero-order valence-corrected chi connectivity index (χ0v) is 9.04. The van der Waals surface area contributed by atoms with Gasteiger partial charge in [0, 0.05) is 13.1 Å². The van der Waals surface area contributed by atoms with E-state index >= 15 is 0 Å². The Balaban J connectivity index is 2.16. The average molecular weight is 212 g/mol. The van der Waals surface area contributed by atoms with Crippen LogP contribution in [0.4, 0.5) is 0 Å². The number of carbonyl (C=O) groups is 1. The van der Waals surface area contributed by atoms with Gasteiger partial charge in [0.2, 0.25) is 5.91 Å².